The van der Waals surface area contributed by atoms with Gasteiger partial charge in [-0.25, -0.2) is 4.68 Å². The second-order valence-corrected chi connectivity index (χ2v) is 8.45. The van der Waals surface area contributed by atoms with Crippen molar-refractivity contribution in [1.29, 1.82) is 0 Å². The van der Waals surface area contributed by atoms with Crippen LogP contribution >= 0.6 is 12.2 Å². The molecule has 1 saturated heterocycles. The van der Waals surface area contributed by atoms with Crippen molar-refractivity contribution in [2.45, 2.75) is 13.6 Å². The topological polar surface area (TPSA) is 37.9 Å². The fraction of sp³-hybridized carbons (Fsp3) is 0.333. The average molecular weight is 434 g/mol. The number of hydrogen-bond acceptors (Lipinski definition) is 5. The van der Waals surface area contributed by atoms with E-state index in [9.17, 15) is 0 Å². The summed E-state index contributed by atoms with van der Waals surface area (Å²) < 4.78 is 10.6. The van der Waals surface area contributed by atoms with Crippen molar-refractivity contribution in [3.8, 4) is 5.75 Å². The maximum atomic E-state index is 5.84. The van der Waals surface area contributed by atoms with E-state index in [1.165, 1.54) is 10.9 Å². The molecule has 1 aliphatic rings. The van der Waals surface area contributed by atoms with Gasteiger partial charge in [0.2, 0.25) is 4.77 Å². The SMILES string of the molecule is Cc1cc2nn(CN3CCN(CCOc4ccccc4)CC3)c(=S)n2c2ccccc12. The summed E-state index contributed by atoms with van der Waals surface area (Å²) in [6, 6.07) is 20.5. The minimum absolute atomic E-state index is 0.716. The van der Waals surface area contributed by atoms with Gasteiger partial charge in [0, 0.05) is 38.1 Å². The lowest BCUT2D eigenvalue weighted by molar-refractivity contribution is 0.0922. The first-order valence-corrected chi connectivity index (χ1v) is 11.2. The summed E-state index contributed by atoms with van der Waals surface area (Å²) in [5.41, 5.74) is 3.26. The lowest BCUT2D eigenvalue weighted by atomic mass is 10.1. The smallest absolute Gasteiger partial charge is 0.204 e. The Kier molecular flexibility index (Phi) is 5.72. The van der Waals surface area contributed by atoms with Gasteiger partial charge in [-0.3, -0.25) is 14.2 Å². The molecular weight excluding hydrogens is 406 g/mol. The molecule has 2 aromatic heterocycles. The molecule has 0 aliphatic carbocycles. The van der Waals surface area contributed by atoms with Crippen molar-refractivity contribution in [2.24, 2.45) is 0 Å². The van der Waals surface area contributed by atoms with Crippen LogP contribution in [0.4, 0.5) is 0 Å². The van der Waals surface area contributed by atoms with E-state index in [1.54, 1.807) is 0 Å². The summed E-state index contributed by atoms with van der Waals surface area (Å²) in [5, 5.41) is 6.04. The summed E-state index contributed by atoms with van der Waals surface area (Å²) in [4.78, 5) is 4.88. The molecule has 0 unspecified atom stereocenters. The molecule has 0 saturated carbocycles. The molecular formula is C24H27N5OS. The second-order valence-electron chi connectivity index (χ2n) is 8.08. The summed E-state index contributed by atoms with van der Waals surface area (Å²) in [5.74, 6) is 0.935. The molecule has 1 aliphatic heterocycles. The molecule has 31 heavy (non-hydrogen) atoms. The van der Waals surface area contributed by atoms with Gasteiger partial charge < -0.3 is 4.74 Å². The van der Waals surface area contributed by atoms with E-state index in [0.717, 1.165) is 61.1 Å². The first kappa shape index (κ1) is 20.2. The van der Waals surface area contributed by atoms with Gasteiger partial charge >= 0.3 is 0 Å². The summed E-state index contributed by atoms with van der Waals surface area (Å²) in [6.45, 7) is 8.58. The molecule has 160 valence electrons. The van der Waals surface area contributed by atoms with Gasteiger partial charge in [0.1, 0.15) is 12.4 Å². The van der Waals surface area contributed by atoms with E-state index in [1.807, 2.05) is 35.0 Å². The van der Waals surface area contributed by atoms with Crippen LogP contribution in [0.3, 0.4) is 0 Å². The molecule has 0 atom stereocenters. The molecule has 0 bridgehead atoms. The van der Waals surface area contributed by atoms with Gasteiger partial charge in [-0.1, -0.05) is 36.4 Å². The highest BCUT2D eigenvalue weighted by atomic mass is 32.1. The maximum absolute atomic E-state index is 5.84. The molecule has 0 spiro atoms. The number of ether oxygens (including phenoxy) is 1. The number of hydrogen-bond donors (Lipinski definition) is 0. The zero-order chi connectivity index (χ0) is 21.2. The number of para-hydroxylation sites is 2. The first-order valence-electron chi connectivity index (χ1n) is 10.8. The Balaban J connectivity index is 1.22. The molecule has 0 radical (unpaired) electrons. The maximum Gasteiger partial charge on any atom is 0.204 e. The number of piperazine rings is 1. The van der Waals surface area contributed by atoms with E-state index < -0.39 is 0 Å². The van der Waals surface area contributed by atoms with E-state index in [-0.39, 0.29) is 0 Å². The Bertz CT molecular complexity index is 1240. The highest BCUT2D eigenvalue weighted by Crippen LogP contribution is 2.21. The number of aromatic nitrogens is 3. The first-order chi connectivity index (χ1) is 15.2. The molecule has 0 N–H and O–H groups in total. The number of benzene rings is 2. The van der Waals surface area contributed by atoms with Crippen LogP contribution in [0.2, 0.25) is 0 Å². The van der Waals surface area contributed by atoms with Crippen LogP contribution in [0, 0.1) is 11.7 Å². The van der Waals surface area contributed by atoms with Crippen LogP contribution in [-0.4, -0.2) is 63.3 Å². The van der Waals surface area contributed by atoms with Gasteiger partial charge in [0.05, 0.1) is 12.2 Å². The highest BCUT2D eigenvalue weighted by Gasteiger charge is 2.18. The van der Waals surface area contributed by atoms with Crippen molar-refractivity contribution in [1.82, 2.24) is 24.0 Å². The van der Waals surface area contributed by atoms with E-state index >= 15 is 0 Å². The number of aryl methyl sites for hydroxylation is 1. The molecule has 4 aromatic rings. The van der Waals surface area contributed by atoms with Crippen molar-refractivity contribution < 1.29 is 4.74 Å². The molecule has 1 fully saturated rings. The number of rotatable bonds is 6. The Labute approximate surface area is 187 Å². The molecule has 3 heterocycles. The Morgan fingerprint density at radius 2 is 1.65 bits per heavy atom. The standard InChI is InChI=1S/C24H27N5OS/c1-19-17-23-25-28(24(31)29(23)22-10-6-5-9-21(19)22)18-27-13-11-26(12-14-27)15-16-30-20-7-3-2-4-8-20/h2-10,17H,11-16,18H2,1H3. The normalized spacial score (nSPS) is 15.6. The molecule has 7 heteroatoms. The predicted molar refractivity (Wildman–Crippen MR) is 126 cm³/mol. The minimum atomic E-state index is 0.716. The van der Waals surface area contributed by atoms with Crippen LogP contribution in [0.1, 0.15) is 5.56 Å². The predicted octanol–water partition coefficient (Wildman–Crippen LogP) is 3.98. The lowest BCUT2D eigenvalue weighted by Gasteiger charge is -2.34. The lowest BCUT2D eigenvalue weighted by Crippen LogP contribution is -2.47. The van der Waals surface area contributed by atoms with E-state index in [0.29, 0.717) is 6.61 Å². The van der Waals surface area contributed by atoms with Gasteiger partial charge in [-0.05, 0) is 49.0 Å². The molecule has 6 nitrogen and oxygen atoms in total. The molecule has 0 amide bonds. The summed E-state index contributed by atoms with van der Waals surface area (Å²) >= 11 is 5.80. The number of nitrogens with zero attached hydrogens (tertiary/aromatic N) is 5. The van der Waals surface area contributed by atoms with Crippen molar-refractivity contribution in [2.75, 3.05) is 39.3 Å². The van der Waals surface area contributed by atoms with Crippen LogP contribution in [-0.2, 0) is 6.67 Å². The third-order valence-corrected chi connectivity index (χ3v) is 6.39. The zero-order valence-corrected chi connectivity index (χ0v) is 18.6. The monoisotopic (exact) mass is 433 g/mol. The highest BCUT2D eigenvalue weighted by molar-refractivity contribution is 7.71. The van der Waals surface area contributed by atoms with Crippen LogP contribution in [0.5, 0.6) is 5.75 Å². The van der Waals surface area contributed by atoms with Crippen molar-refractivity contribution >= 4 is 28.8 Å². The summed E-state index contributed by atoms with van der Waals surface area (Å²) in [7, 11) is 0. The third-order valence-electron chi connectivity index (χ3n) is 6.00. The fourth-order valence-corrected chi connectivity index (χ4v) is 4.55. The van der Waals surface area contributed by atoms with Crippen molar-refractivity contribution in [3.63, 3.8) is 0 Å². The van der Waals surface area contributed by atoms with E-state index in [2.05, 4.69) is 51.5 Å². The number of pyridine rings is 1. The van der Waals surface area contributed by atoms with Crippen molar-refractivity contribution in [3.05, 3.63) is 71.0 Å². The van der Waals surface area contributed by atoms with Gasteiger partial charge in [-0.2, -0.15) is 5.10 Å². The number of fused-ring (bicyclic) bond motifs is 3. The Morgan fingerprint density at radius 3 is 2.45 bits per heavy atom. The minimum Gasteiger partial charge on any atom is -0.492 e. The molecule has 5 rings (SSSR count). The van der Waals surface area contributed by atoms with Gasteiger partial charge in [0.25, 0.3) is 0 Å². The third kappa shape index (κ3) is 4.21. The second kappa shape index (κ2) is 8.78. The molecule has 2 aromatic carbocycles. The fourth-order valence-electron chi connectivity index (χ4n) is 4.26. The summed E-state index contributed by atoms with van der Waals surface area (Å²) in [6.07, 6.45) is 0. The van der Waals surface area contributed by atoms with Crippen LogP contribution < -0.4 is 4.74 Å². The average Bonchev–Trinajstić information content (AvgIpc) is 3.11. The Hall–Kier alpha value is -2.74. The van der Waals surface area contributed by atoms with Crippen LogP contribution in [0.15, 0.2) is 60.7 Å². The van der Waals surface area contributed by atoms with Crippen LogP contribution in [0.25, 0.3) is 16.6 Å². The largest absolute Gasteiger partial charge is 0.492 e. The van der Waals surface area contributed by atoms with E-state index in [4.69, 9.17) is 22.1 Å². The van der Waals surface area contributed by atoms with Gasteiger partial charge in [0.15, 0.2) is 5.65 Å². The quantitative estimate of drug-likeness (QED) is 0.430. The van der Waals surface area contributed by atoms with Gasteiger partial charge in [-0.15, -0.1) is 0 Å². The Morgan fingerprint density at radius 1 is 0.935 bits per heavy atom. The zero-order valence-electron chi connectivity index (χ0n) is 17.8.